The van der Waals surface area contributed by atoms with Gasteiger partial charge in [-0.25, -0.2) is 0 Å². The van der Waals surface area contributed by atoms with Crippen LogP contribution in [0.2, 0.25) is 5.02 Å². The van der Waals surface area contributed by atoms with Crippen LogP contribution in [0.25, 0.3) is 6.08 Å². The first-order valence-electron chi connectivity index (χ1n) is 11.0. The van der Waals surface area contributed by atoms with E-state index in [2.05, 4.69) is 4.90 Å². The summed E-state index contributed by atoms with van der Waals surface area (Å²) in [6.07, 6.45) is 7.73. The minimum atomic E-state index is -0.237. The van der Waals surface area contributed by atoms with Crippen molar-refractivity contribution in [1.29, 1.82) is 0 Å². The normalized spacial score (nSPS) is 20.4. The summed E-state index contributed by atoms with van der Waals surface area (Å²) in [5.41, 5.74) is 6.32. The Morgan fingerprint density at radius 3 is 2.61 bits per heavy atom. The van der Waals surface area contributed by atoms with Gasteiger partial charge in [0.1, 0.15) is 0 Å². The fourth-order valence-corrected chi connectivity index (χ4v) is 4.68. The third-order valence-corrected chi connectivity index (χ3v) is 6.27. The highest BCUT2D eigenvalue weighted by molar-refractivity contribution is 6.32. The van der Waals surface area contributed by atoms with Gasteiger partial charge in [0, 0.05) is 25.2 Å². The molecule has 31 heavy (non-hydrogen) atoms. The summed E-state index contributed by atoms with van der Waals surface area (Å²) in [7, 11) is 1.57. The molecule has 170 valence electrons. The molecule has 8 heteroatoms. The monoisotopic (exact) mass is 449 g/mol. The summed E-state index contributed by atoms with van der Waals surface area (Å²) >= 11 is 6.35. The van der Waals surface area contributed by atoms with Crippen molar-refractivity contribution in [2.24, 2.45) is 5.73 Å². The first-order valence-corrected chi connectivity index (χ1v) is 11.3. The number of benzene rings is 1. The van der Waals surface area contributed by atoms with Crippen molar-refractivity contribution in [3.8, 4) is 11.5 Å². The van der Waals surface area contributed by atoms with E-state index >= 15 is 0 Å². The number of carbonyl (C=O) groups excluding carboxylic acids is 2. The second kappa shape index (κ2) is 10.9. The molecular formula is C23H32ClN3O4. The first kappa shape index (κ1) is 23.4. The molecule has 2 N–H and O–H groups in total. The SMILES string of the molecule is CCCOc1c(Cl)cc(C=CC(=O)N2CCC(N3CCCC3C(N)=O)CC2)cc1OC. The Bertz CT molecular complexity index is 821. The van der Waals surface area contributed by atoms with Crippen molar-refractivity contribution < 1.29 is 19.1 Å². The number of nitrogens with two attached hydrogens (primary N) is 1. The van der Waals surface area contributed by atoms with Crippen LogP contribution in [0.1, 0.15) is 44.6 Å². The van der Waals surface area contributed by atoms with Crippen molar-refractivity contribution >= 4 is 29.5 Å². The predicted octanol–water partition coefficient (Wildman–Crippen LogP) is 3.09. The number of hydrogen-bond acceptors (Lipinski definition) is 5. The summed E-state index contributed by atoms with van der Waals surface area (Å²) in [5.74, 6) is 0.795. The standard InChI is InChI=1S/C23H32ClN3O4/c1-3-13-31-22-18(24)14-16(15-20(22)30-2)6-7-21(28)26-11-8-17(9-12-26)27-10-4-5-19(27)23(25)29/h6-7,14-15,17,19H,3-5,8-13H2,1-2H3,(H2,25,29). The quantitative estimate of drug-likeness (QED) is 0.616. The molecule has 2 amide bonds. The van der Waals surface area contributed by atoms with Crippen molar-refractivity contribution in [2.75, 3.05) is 33.4 Å². The lowest BCUT2D eigenvalue weighted by atomic mass is 10.0. The summed E-state index contributed by atoms with van der Waals surface area (Å²) < 4.78 is 11.1. The van der Waals surface area contributed by atoms with Crippen LogP contribution in [0.5, 0.6) is 11.5 Å². The fraction of sp³-hybridized carbons (Fsp3) is 0.565. The molecule has 1 unspecified atom stereocenters. The molecule has 1 aromatic carbocycles. The van der Waals surface area contributed by atoms with Crippen molar-refractivity contribution in [3.63, 3.8) is 0 Å². The number of halogens is 1. The Kier molecular flexibility index (Phi) is 8.21. The molecule has 2 aliphatic rings. The molecular weight excluding hydrogens is 418 g/mol. The van der Waals surface area contributed by atoms with E-state index in [1.54, 1.807) is 25.3 Å². The molecule has 1 aromatic rings. The van der Waals surface area contributed by atoms with Crippen LogP contribution < -0.4 is 15.2 Å². The highest BCUT2D eigenvalue weighted by Gasteiger charge is 2.36. The molecule has 0 aliphatic carbocycles. The number of ether oxygens (including phenoxy) is 2. The van der Waals surface area contributed by atoms with E-state index in [4.69, 9.17) is 26.8 Å². The second-order valence-electron chi connectivity index (χ2n) is 8.07. The van der Waals surface area contributed by atoms with Gasteiger partial charge in [0.2, 0.25) is 11.8 Å². The highest BCUT2D eigenvalue weighted by Crippen LogP contribution is 2.37. The number of methoxy groups -OCH3 is 1. The van der Waals surface area contributed by atoms with Gasteiger partial charge in [-0.2, -0.15) is 0 Å². The van der Waals surface area contributed by atoms with Gasteiger partial charge < -0.3 is 20.1 Å². The van der Waals surface area contributed by atoms with Crippen LogP contribution in [0.3, 0.4) is 0 Å². The Morgan fingerprint density at radius 1 is 1.23 bits per heavy atom. The van der Waals surface area contributed by atoms with E-state index in [1.165, 1.54) is 0 Å². The number of carbonyl (C=O) groups is 2. The van der Waals surface area contributed by atoms with Crippen LogP contribution >= 0.6 is 11.6 Å². The average molecular weight is 450 g/mol. The molecule has 2 heterocycles. The lowest BCUT2D eigenvalue weighted by Crippen LogP contribution is -2.51. The number of primary amides is 1. The molecule has 2 aliphatic heterocycles. The maximum Gasteiger partial charge on any atom is 0.246 e. The summed E-state index contributed by atoms with van der Waals surface area (Å²) in [5, 5.41) is 0.454. The van der Waals surface area contributed by atoms with E-state index in [9.17, 15) is 9.59 Å². The summed E-state index contributed by atoms with van der Waals surface area (Å²) in [4.78, 5) is 28.4. The number of nitrogens with zero attached hydrogens (tertiary/aromatic N) is 2. The van der Waals surface area contributed by atoms with Gasteiger partial charge in [-0.15, -0.1) is 0 Å². The van der Waals surface area contributed by atoms with Gasteiger partial charge in [0.05, 0.1) is 24.8 Å². The van der Waals surface area contributed by atoms with Crippen LogP contribution in [0, 0.1) is 0 Å². The van der Waals surface area contributed by atoms with Crippen LogP contribution in [-0.4, -0.2) is 67.0 Å². The summed E-state index contributed by atoms with van der Waals surface area (Å²) in [6.45, 7) is 4.82. The van der Waals surface area contributed by atoms with Crippen LogP contribution in [0.4, 0.5) is 0 Å². The second-order valence-corrected chi connectivity index (χ2v) is 8.48. The molecule has 0 spiro atoms. The lowest BCUT2D eigenvalue weighted by Gasteiger charge is -2.38. The molecule has 7 nitrogen and oxygen atoms in total. The maximum absolute atomic E-state index is 12.7. The first-order chi connectivity index (χ1) is 14.9. The smallest absolute Gasteiger partial charge is 0.246 e. The number of amides is 2. The molecule has 2 saturated heterocycles. The van der Waals surface area contributed by atoms with Gasteiger partial charge in [0.15, 0.2) is 11.5 Å². The van der Waals surface area contributed by atoms with Gasteiger partial charge >= 0.3 is 0 Å². The van der Waals surface area contributed by atoms with Gasteiger partial charge in [-0.3, -0.25) is 14.5 Å². The zero-order chi connectivity index (χ0) is 22.4. The zero-order valence-corrected chi connectivity index (χ0v) is 19.1. The predicted molar refractivity (Wildman–Crippen MR) is 121 cm³/mol. The number of hydrogen-bond donors (Lipinski definition) is 1. The van der Waals surface area contributed by atoms with E-state index in [0.717, 1.165) is 44.2 Å². The van der Waals surface area contributed by atoms with E-state index in [-0.39, 0.29) is 17.9 Å². The molecule has 3 rings (SSSR count). The van der Waals surface area contributed by atoms with Crippen molar-refractivity contribution in [3.05, 3.63) is 28.8 Å². The zero-order valence-electron chi connectivity index (χ0n) is 18.3. The van der Waals surface area contributed by atoms with Crippen LogP contribution in [0.15, 0.2) is 18.2 Å². The van der Waals surface area contributed by atoms with Crippen molar-refractivity contribution in [2.45, 2.75) is 51.1 Å². The molecule has 0 radical (unpaired) electrons. The Morgan fingerprint density at radius 2 is 1.97 bits per heavy atom. The lowest BCUT2D eigenvalue weighted by molar-refractivity contribution is -0.129. The van der Waals surface area contributed by atoms with Gasteiger partial charge in [-0.05, 0) is 62.4 Å². The van der Waals surface area contributed by atoms with E-state index in [0.29, 0.717) is 42.3 Å². The van der Waals surface area contributed by atoms with Crippen molar-refractivity contribution in [1.82, 2.24) is 9.80 Å². The minimum absolute atomic E-state index is 0.0345. The molecule has 0 bridgehead atoms. The Balaban J connectivity index is 1.58. The van der Waals surface area contributed by atoms with Crippen LogP contribution in [-0.2, 0) is 9.59 Å². The fourth-order valence-electron chi connectivity index (χ4n) is 4.40. The summed E-state index contributed by atoms with van der Waals surface area (Å²) in [6, 6.07) is 3.73. The Labute approximate surface area is 189 Å². The molecule has 0 aromatic heterocycles. The van der Waals surface area contributed by atoms with E-state index < -0.39 is 0 Å². The third-order valence-electron chi connectivity index (χ3n) is 5.99. The third kappa shape index (κ3) is 5.71. The number of rotatable bonds is 8. The van der Waals surface area contributed by atoms with Gasteiger partial charge in [-0.1, -0.05) is 18.5 Å². The topological polar surface area (TPSA) is 85.1 Å². The minimum Gasteiger partial charge on any atom is -0.493 e. The molecule has 2 fully saturated rings. The largest absolute Gasteiger partial charge is 0.493 e. The molecule has 0 saturated carbocycles. The number of piperidine rings is 1. The Hall–Kier alpha value is -2.25. The maximum atomic E-state index is 12.7. The molecule has 1 atom stereocenters. The highest BCUT2D eigenvalue weighted by atomic mass is 35.5. The van der Waals surface area contributed by atoms with E-state index in [1.807, 2.05) is 17.9 Å². The average Bonchev–Trinajstić information content (AvgIpc) is 3.27. The van der Waals surface area contributed by atoms with Gasteiger partial charge in [0.25, 0.3) is 0 Å². The number of likely N-dealkylation sites (tertiary alicyclic amines) is 2.